The van der Waals surface area contributed by atoms with E-state index in [-0.39, 0.29) is 0 Å². The van der Waals surface area contributed by atoms with Crippen LogP contribution in [0.5, 0.6) is 0 Å². The van der Waals surface area contributed by atoms with Crippen molar-refractivity contribution in [1.29, 1.82) is 0 Å². The Bertz CT molecular complexity index is 189. The molecule has 2 aliphatic rings. The maximum atomic E-state index is 3.65. The minimum atomic E-state index is 0.803. The standard InChI is InChI=1S/C12H21N/c1-10-4-2-7-12(10)13-9-8-11-5-3-6-11/h8,10,12-13H,2-7,9H2,1H3. The molecule has 2 unspecified atom stereocenters. The van der Waals surface area contributed by atoms with Crippen molar-refractivity contribution in [1.82, 2.24) is 5.32 Å². The first kappa shape index (κ1) is 9.26. The van der Waals surface area contributed by atoms with Crippen molar-refractivity contribution in [3.05, 3.63) is 11.6 Å². The zero-order chi connectivity index (χ0) is 9.10. The lowest BCUT2D eigenvalue weighted by atomic mass is 9.92. The molecule has 2 rings (SSSR count). The topological polar surface area (TPSA) is 12.0 Å². The van der Waals surface area contributed by atoms with Crippen LogP contribution < -0.4 is 5.32 Å². The highest BCUT2D eigenvalue weighted by Crippen LogP contribution is 2.26. The number of rotatable bonds is 3. The second-order valence-corrected chi connectivity index (χ2v) is 4.64. The molecule has 0 aromatic rings. The van der Waals surface area contributed by atoms with Gasteiger partial charge in [0.15, 0.2) is 0 Å². The Balaban J connectivity index is 1.66. The predicted octanol–water partition coefficient (Wildman–Crippen LogP) is 2.87. The van der Waals surface area contributed by atoms with E-state index in [0.717, 1.165) is 18.5 Å². The van der Waals surface area contributed by atoms with Crippen molar-refractivity contribution in [2.24, 2.45) is 5.92 Å². The first-order valence-corrected chi connectivity index (χ1v) is 5.77. The molecule has 1 heteroatoms. The van der Waals surface area contributed by atoms with Crippen LogP contribution in [0.4, 0.5) is 0 Å². The second-order valence-electron chi connectivity index (χ2n) is 4.64. The smallest absolute Gasteiger partial charge is 0.0140 e. The highest BCUT2D eigenvalue weighted by molar-refractivity contribution is 5.10. The first-order valence-electron chi connectivity index (χ1n) is 5.77. The second kappa shape index (κ2) is 4.28. The van der Waals surface area contributed by atoms with Crippen LogP contribution in [0.3, 0.4) is 0 Å². The van der Waals surface area contributed by atoms with Gasteiger partial charge in [-0.1, -0.05) is 25.0 Å². The summed E-state index contributed by atoms with van der Waals surface area (Å²) >= 11 is 0. The summed E-state index contributed by atoms with van der Waals surface area (Å²) in [5, 5.41) is 3.65. The quantitative estimate of drug-likeness (QED) is 0.657. The van der Waals surface area contributed by atoms with E-state index in [1.807, 2.05) is 0 Å². The van der Waals surface area contributed by atoms with Gasteiger partial charge in [0.05, 0.1) is 0 Å². The van der Waals surface area contributed by atoms with Crippen molar-refractivity contribution in [2.75, 3.05) is 6.54 Å². The Morgan fingerprint density at radius 2 is 2.15 bits per heavy atom. The number of nitrogens with one attached hydrogen (secondary N) is 1. The first-order chi connectivity index (χ1) is 6.36. The van der Waals surface area contributed by atoms with Crippen LogP contribution in [0.1, 0.15) is 45.4 Å². The van der Waals surface area contributed by atoms with Gasteiger partial charge in [0.1, 0.15) is 0 Å². The molecule has 2 atom stereocenters. The Labute approximate surface area is 81.6 Å². The maximum Gasteiger partial charge on any atom is 0.0140 e. The average molecular weight is 179 g/mol. The molecular formula is C12H21N. The van der Waals surface area contributed by atoms with E-state index in [0.29, 0.717) is 0 Å². The Hall–Kier alpha value is -0.300. The Morgan fingerprint density at radius 1 is 1.31 bits per heavy atom. The lowest BCUT2D eigenvalue weighted by Crippen LogP contribution is -2.31. The number of allylic oxidation sites excluding steroid dienone is 1. The molecule has 0 amide bonds. The lowest BCUT2D eigenvalue weighted by Gasteiger charge is -2.19. The van der Waals surface area contributed by atoms with Crippen LogP contribution in [-0.4, -0.2) is 12.6 Å². The molecule has 0 spiro atoms. The third-order valence-corrected chi connectivity index (χ3v) is 3.63. The zero-order valence-corrected chi connectivity index (χ0v) is 8.68. The van der Waals surface area contributed by atoms with E-state index in [9.17, 15) is 0 Å². The average Bonchev–Trinajstić information content (AvgIpc) is 2.42. The van der Waals surface area contributed by atoms with Crippen molar-refractivity contribution in [3.8, 4) is 0 Å². The van der Waals surface area contributed by atoms with Gasteiger partial charge in [-0.15, -0.1) is 0 Å². The molecule has 0 aromatic carbocycles. The Morgan fingerprint density at radius 3 is 2.69 bits per heavy atom. The van der Waals surface area contributed by atoms with Gasteiger partial charge in [-0.25, -0.2) is 0 Å². The number of hydrogen-bond acceptors (Lipinski definition) is 1. The van der Waals surface area contributed by atoms with Crippen LogP contribution in [0.25, 0.3) is 0 Å². The van der Waals surface area contributed by atoms with Crippen molar-refractivity contribution in [3.63, 3.8) is 0 Å². The van der Waals surface area contributed by atoms with Gasteiger partial charge < -0.3 is 5.32 Å². The molecule has 2 fully saturated rings. The molecule has 0 bridgehead atoms. The SMILES string of the molecule is CC1CCCC1NCC=C1CCC1. The Kier molecular flexibility index (Phi) is 3.05. The van der Waals surface area contributed by atoms with Gasteiger partial charge in [0.25, 0.3) is 0 Å². The van der Waals surface area contributed by atoms with E-state index in [1.165, 1.54) is 38.5 Å². The molecule has 13 heavy (non-hydrogen) atoms. The van der Waals surface area contributed by atoms with Crippen molar-refractivity contribution in [2.45, 2.75) is 51.5 Å². The van der Waals surface area contributed by atoms with Crippen LogP contribution in [-0.2, 0) is 0 Å². The summed E-state index contributed by atoms with van der Waals surface area (Å²) in [5.74, 6) is 0.903. The van der Waals surface area contributed by atoms with E-state index in [2.05, 4.69) is 18.3 Å². The molecule has 0 aromatic heterocycles. The predicted molar refractivity (Wildman–Crippen MR) is 56.7 cm³/mol. The third-order valence-electron chi connectivity index (χ3n) is 3.63. The van der Waals surface area contributed by atoms with Crippen molar-refractivity contribution < 1.29 is 0 Å². The molecule has 1 N–H and O–H groups in total. The molecule has 0 heterocycles. The third kappa shape index (κ3) is 2.34. The molecule has 0 saturated heterocycles. The zero-order valence-electron chi connectivity index (χ0n) is 8.68. The summed E-state index contributed by atoms with van der Waals surface area (Å²) < 4.78 is 0. The van der Waals surface area contributed by atoms with Gasteiger partial charge in [0.2, 0.25) is 0 Å². The lowest BCUT2D eigenvalue weighted by molar-refractivity contribution is 0.443. The fourth-order valence-corrected chi connectivity index (χ4v) is 2.39. The highest BCUT2D eigenvalue weighted by atomic mass is 14.9. The van der Waals surface area contributed by atoms with E-state index in [1.54, 1.807) is 5.57 Å². The summed E-state index contributed by atoms with van der Waals surface area (Å²) in [6, 6.07) is 0.803. The monoisotopic (exact) mass is 179 g/mol. The van der Waals surface area contributed by atoms with Gasteiger partial charge in [0, 0.05) is 12.6 Å². The molecule has 1 nitrogen and oxygen atoms in total. The van der Waals surface area contributed by atoms with Crippen LogP contribution in [0.15, 0.2) is 11.6 Å². The largest absolute Gasteiger partial charge is 0.310 e. The molecule has 2 aliphatic carbocycles. The van der Waals surface area contributed by atoms with Crippen LogP contribution in [0, 0.1) is 5.92 Å². The molecular weight excluding hydrogens is 158 g/mol. The summed E-state index contributed by atoms with van der Waals surface area (Å²) in [5.41, 5.74) is 1.68. The van der Waals surface area contributed by atoms with Gasteiger partial charge in [-0.05, 0) is 38.0 Å². The summed E-state index contributed by atoms with van der Waals surface area (Å²) in [6.45, 7) is 3.49. The summed E-state index contributed by atoms with van der Waals surface area (Å²) in [4.78, 5) is 0. The fourth-order valence-electron chi connectivity index (χ4n) is 2.39. The minimum Gasteiger partial charge on any atom is -0.310 e. The molecule has 2 saturated carbocycles. The molecule has 74 valence electrons. The van der Waals surface area contributed by atoms with Gasteiger partial charge in [-0.2, -0.15) is 0 Å². The van der Waals surface area contributed by atoms with Gasteiger partial charge >= 0.3 is 0 Å². The van der Waals surface area contributed by atoms with Crippen molar-refractivity contribution >= 4 is 0 Å². The number of hydrogen-bond donors (Lipinski definition) is 1. The van der Waals surface area contributed by atoms with E-state index < -0.39 is 0 Å². The summed E-state index contributed by atoms with van der Waals surface area (Å²) in [6.07, 6.45) is 10.8. The minimum absolute atomic E-state index is 0.803. The molecule has 0 radical (unpaired) electrons. The van der Waals surface area contributed by atoms with Gasteiger partial charge in [-0.3, -0.25) is 0 Å². The highest BCUT2D eigenvalue weighted by Gasteiger charge is 2.21. The van der Waals surface area contributed by atoms with Crippen LogP contribution in [0.2, 0.25) is 0 Å². The maximum absolute atomic E-state index is 3.65. The molecule has 0 aliphatic heterocycles. The normalized spacial score (nSPS) is 33.2. The van der Waals surface area contributed by atoms with E-state index in [4.69, 9.17) is 0 Å². The van der Waals surface area contributed by atoms with Crippen LogP contribution >= 0.6 is 0 Å². The van der Waals surface area contributed by atoms with E-state index >= 15 is 0 Å². The summed E-state index contributed by atoms with van der Waals surface area (Å²) in [7, 11) is 0. The fraction of sp³-hybridized carbons (Fsp3) is 0.833.